The highest BCUT2D eigenvalue weighted by Gasteiger charge is 2.27. The van der Waals surface area contributed by atoms with Gasteiger partial charge in [-0.25, -0.2) is 4.98 Å². The fourth-order valence-corrected chi connectivity index (χ4v) is 3.83. The van der Waals surface area contributed by atoms with E-state index in [0.717, 1.165) is 50.3 Å². The number of anilines is 1. The van der Waals surface area contributed by atoms with Crippen molar-refractivity contribution in [3.63, 3.8) is 0 Å². The maximum absolute atomic E-state index is 13.1. The predicted octanol–water partition coefficient (Wildman–Crippen LogP) is 2.99. The minimum Gasteiger partial charge on any atom is -0.364 e. The summed E-state index contributed by atoms with van der Waals surface area (Å²) >= 11 is 0. The molecule has 0 saturated carbocycles. The van der Waals surface area contributed by atoms with Gasteiger partial charge in [0.1, 0.15) is 17.8 Å². The Kier molecular flexibility index (Phi) is 5.88. The van der Waals surface area contributed by atoms with Gasteiger partial charge in [-0.05, 0) is 43.9 Å². The van der Waals surface area contributed by atoms with Gasteiger partial charge in [-0.3, -0.25) is 9.48 Å². The lowest BCUT2D eigenvalue weighted by Gasteiger charge is -2.36. The summed E-state index contributed by atoms with van der Waals surface area (Å²) in [6.07, 6.45) is 11.2. The molecule has 4 heterocycles. The van der Waals surface area contributed by atoms with Crippen LogP contribution in [-0.2, 0) is 13.1 Å². The third-order valence-corrected chi connectivity index (χ3v) is 5.41. The SMILES string of the molecule is CN(Cc1ccon1)c1ccc(C(=O)N2CCCC[C@@H]2CCn2cccn2)cn1. The van der Waals surface area contributed by atoms with Crippen LogP contribution in [0.15, 0.2) is 53.6 Å². The molecule has 0 aromatic carbocycles. The molecule has 8 nitrogen and oxygen atoms in total. The van der Waals surface area contributed by atoms with E-state index < -0.39 is 0 Å². The molecule has 0 N–H and O–H groups in total. The molecule has 8 heteroatoms. The minimum atomic E-state index is 0.0633. The van der Waals surface area contributed by atoms with E-state index in [1.807, 2.05) is 52.0 Å². The van der Waals surface area contributed by atoms with Gasteiger partial charge in [-0.2, -0.15) is 5.10 Å². The second kappa shape index (κ2) is 8.89. The van der Waals surface area contributed by atoms with E-state index in [-0.39, 0.29) is 11.9 Å². The van der Waals surface area contributed by atoms with Crippen LogP contribution < -0.4 is 4.90 Å². The molecule has 0 bridgehead atoms. The molecule has 3 aromatic rings. The van der Waals surface area contributed by atoms with Crippen molar-refractivity contribution in [3.8, 4) is 0 Å². The average Bonchev–Trinajstić information content (AvgIpc) is 3.46. The largest absolute Gasteiger partial charge is 0.364 e. The van der Waals surface area contributed by atoms with Crippen LogP contribution in [0.3, 0.4) is 0 Å². The summed E-state index contributed by atoms with van der Waals surface area (Å²) in [5, 5.41) is 8.19. The number of piperidine rings is 1. The number of rotatable bonds is 7. The van der Waals surface area contributed by atoms with Crippen molar-refractivity contribution in [2.75, 3.05) is 18.5 Å². The minimum absolute atomic E-state index is 0.0633. The third-order valence-electron chi connectivity index (χ3n) is 5.41. The van der Waals surface area contributed by atoms with E-state index in [9.17, 15) is 4.79 Å². The number of aromatic nitrogens is 4. The summed E-state index contributed by atoms with van der Waals surface area (Å²) in [6, 6.07) is 7.75. The average molecular weight is 394 g/mol. The molecular formula is C21H26N6O2. The Morgan fingerprint density at radius 1 is 1.31 bits per heavy atom. The van der Waals surface area contributed by atoms with Gasteiger partial charge in [-0.1, -0.05) is 5.16 Å². The second-order valence-electron chi connectivity index (χ2n) is 7.46. The van der Waals surface area contributed by atoms with Gasteiger partial charge >= 0.3 is 0 Å². The zero-order chi connectivity index (χ0) is 20.1. The molecule has 0 unspecified atom stereocenters. The molecule has 4 rings (SSSR count). The first-order valence-electron chi connectivity index (χ1n) is 10.1. The molecule has 29 heavy (non-hydrogen) atoms. The molecule has 1 aliphatic rings. The summed E-state index contributed by atoms with van der Waals surface area (Å²) in [6.45, 7) is 2.22. The molecule has 1 aliphatic heterocycles. The van der Waals surface area contributed by atoms with Crippen LogP contribution in [0.1, 0.15) is 41.7 Å². The van der Waals surface area contributed by atoms with Crippen molar-refractivity contribution >= 4 is 11.7 Å². The maximum atomic E-state index is 13.1. The number of hydrogen-bond donors (Lipinski definition) is 0. The summed E-state index contributed by atoms with van der Waals surface area (Å²) in [5.41, 5.74) is 1.47. The Morgan fingerprint density at radius 2 is 2.24 bits per heavy atom. The number of amides is 1. The number of hydrogen-bond acceptors (Lipinski definition) is 6. The van der Waals surface area contributed by atoms with E-state index in [2.05, 4.69) is 15.2 Å². The molecular weight excluding hydrogens is 368 g/mol. The summed E-state index contributed by atoms with van der Waals surface area (Å²) in [4.78, 5) is 21.6. The quantitative estimate of drug-likeness (QED) is 0.613. The summed E-state index contributed by atoms with van der Waals surface area (Å²) in [5.74, 6) is 0.854. The van der Waals surface area contributed by atoms with Crippen molar-refractivity contribution in [2.24, 2.45) is 0 Å². The lowest BCUT2D eigenvalue weighted by atomic mass is 9.98. The monoisotopic (exact) mass is 394 g/mol. The lowest BCUT2D eigenvalue weighted by Crippen LogP contribution is -2.44. The van der Waals surface area contributed by atoms with E-state index in [0.29, 0.717) is 12.1 Å². The van der Waals surface area contributed by atoms with Gasteiger partial charge in [0.05, 0.1) is 12.1 Å². The topological polar surface area (TPSA) is 80.3 Å². The van der Waals surface area contributed by atoms with Crippen LogP contribution in [-0.4, -0.2) is 50.4 Å². The van der Waals surface area contributed by atoms with Crippen LogP contribution in [0, 0.1) is 0 Å². The van der Waals surface area contributed by atoms with Crippen molar-refractivity contribution in [1.29, 1.82) is 0 Å². The number of carbonyl (C=O) groups excluding carboxylic acids is 1. The van der Waals surface area contributed by atoms with Crippen LogP contribution >= 0.6 is 0 Å². The standard InChI is InChI=1S/C21H26N6O2/c1-25(16-18-9-14-29-24-18)20-7-6-17(15-22-20)21(28)27-12-3-2-5-19(27)8-13-26-11-4-10-23-26/h4,6-7,9-11,14-15,19H,2-3,5,8,12-13,16H2,1H3/t19-/m1/s1. The third kappa shape index (κ3) is 4.64. The molecule has 152 valence electrons. The molecule has 1 atom stereocenters. The maximum Gasteiger partial charge on any atom is 0.255 e. The van der Waals surface area contributed by atoms with E-state index in [1.54, 1.807) is 18.7 Å². The molecule has 1 amide bonds. The molecule has 1 fully saturated rings. The summed E-state index contributed by atoms with van der Waals surface area (Å²) in [7, 11) is 1.94. The highest BCUT2D eigenvalue weighted by molar-refractivity contribution is 5.94. The Hall–Kier alpha value is -3.16. The molecule has 1 saturated heterocycles. The molecule has 0 aliphatic carbocycles. The van der Waals surface area contributed by atoms with Crippen LogP contribution in [0.5, 0.6) is 0 Å². The highest BCUT2D eigenvalue weighted by atomic mass is 16.5. The number of carbonyl (C=O) groups is 1. The second-order valence-corrected chi connectivity index (χ2v) is 7.46. The van der Waals surface area contributed by atoms with Gasteiger partial charge in [0.15, 0.2) is 0 Å². The van der Waals surface area contributed by atoms with Crippen LogP contribution in [0.25, 0.3) is 0 Å². The zero-order valence-corrected chi connectivity index (χ0v) is 16.6. The fourth-order valence-electron chi connectivity index (χ4n) is 3.83. The first-order valence-corrected chi connectivity index (χ1v) is 10.1. The van der Waals surface area contributed by atoms with Gasteiger partial charge in [0.2, 0.25) is 0 Å². The first kappa shape index (κ1) is 19.2. The van der Waals surface area contributed by atoms with Crippen LogP contribution in [0.2, 0.25) is 0 Å². The summed E-state index contributed by atoms with van der Waals surface area (Å²) < 4.78 is 6.80. The van der Waals surface area contributed by atoms with E-state index in [4.69, 9.17) is 4.52 Å². The highest BCUT2D eigenvalue weighted by Crippen LogP contribution is 2.23. The van der Waals surface area contributed by atoms with Gasteiger partial charge in [0, 0.05) is 50.8 Å². The first-order chi connectivity index (χ1) is 14.2. The zero-order valence-electron chi connectivity index (χ0n) is 16.6. The van der Waals surface area contributed by atoms with Gasteiger partial charge in [-0.15, -0.1) is 0 Å². The Bertz CT molecular complexity index is 892. The lowest BCUT2D eigenvalue weighted by molar-refractivity contribution is 0.0593. The van der Waals surface area contributed by atoms with Crippen molar-refractivity contribution < 1.29 is 9.32 Å². The van der Waals surface area contributed by atoms with Crippen molar-refractivity contribution in [1.82, 2.24) is 24.8 Å². The molecule has 0 spiro atoms. The van der Waals surface area contributed by atoms with Crippen molar-refractivity contribution in [3.05, 3.63) is 60.4 Å². The van der Waals surface area contributed by atoms with E-state index in [1.165, 1.54) is 0 Å². The molecule has 0 radical (unpaired) electrons. The normalized spacial score (nSPS) is 16.7. The van der Waals surface area contributed by atoms with E-state index >= 15 is 0 Å². The number of likely N-dealkylation sites (tertiary alicyclic amines) is 1. The van der Waals surface area contributed by atoms with Gasteiger partial charge in [0.25, 0.3) is 5.91 Å². The number of aryl methyl sites for hydroxylation is 1. The fraction of sp³-hybridized carbons (Fsp3) is 0.429. The predicted molar refractivity (Wildman–Crippen MR) is 108 cm³/mol. The van der Waals surface area contributed by atoms with Crippen LogP contribution in [0.4, 0.5) is 5.82 Å². The van der Waals surface area contributed by atoms with Crippen molar-refractivity contribution in [2.45, 2.75) is 44.8 Å². The van der Waals surface area contributed by atoms with Gasteiger partial charge < -0.3 is 14.3 Å². The Balaban J connectivity index is 1.40. The Labute approximate surface area is 170 Å². The molecule has 3 aromatic heterocycles. The number of nitrogens with zero attached hydrogens (tertiary/aromatic N) is 6. The smallest absolute Gasteiger partial charge is 0.255 e. The Morgan fingerprint density at radius 3 is 2.97 bits per heavy atom. The number of pyridine rings is 1.